The number of rotatable bonds is 6. The quantitative estimate of drug-likeness (QED) is 0.542. The van der Waals surface area contributed by atoms with Crippen LogP contribution in [0.1, 0.15) is 27.7 Å². The molecule has 0 unspecified atom stereocenters. The van der Waals surface area contributed by atoms with E-state index in [0.717, 1.165) is 12.1 Å². The van der Waals surface area contributed by atoms with E-state index in [0.29, 0.717) is 0 Å². The number of benzene rings is 1. The fourth-order valence-electron chi connectivity index (χ4n) is 2.40. The summed E-state index contributed by atoms with van der Waals surface area (Å²) in [6, 6.07) is 4.77. The molecule has 9 heteroatoms. The van der Waals surface area contributed by atoms with Crippen LogP contribution in [0.3, 0.4) is 0 Å². The van der Waals surface area contributed by atoms with E-state index in [2.05, 4.69) is 25.9 Å². The standard InChI is InChI=1S/C20H21F2N5O2/c1-10(20(2,3)4)24-15-16(18(29)17(15)28)26-14-7-8-23-19(27-14)25-11-5-6-12(21)13(22)9-11/h5-10,24H,1-4H3,(H2,23,25,26,27)/t10-/m1/s1. The number of hydrogen-bond donors (Lipinski definition) is 3. The van der Waals surface area contributed by atoms with Crippen molar-refractivity contribution in [3.63, 3.8) is 0 Å². The molecule has 7 nitrogen and oxygen atoms in total. The Hall–Kier alpha value is -3.36. The lowest BCUT2D eigenvalue weighted by Gasteiger charge is -2.30. The number of anilines is 5. The van der Waals surface area contributed by atoms with Gasteiger partial charge in [0.25, 0.3) is 10.9 Å². The minimum absolute atomic E-state index is 0.0534. The van der Waals surface area contributed by atoms with Crippen LogP contribution in [0.25, 0.3) is 0 Å². The summed E-state index contributed by atoms with van der Waals surface area (Å²) in [6.45, 7) is 7.98. The zero-order chi connectivity index (χ0) is 21.3. The molecule has 0 aliphatic carbocycles. The van der Waals surface area contributed by atoms with Gasteiger partial charge in [-0.15, -0.1) is 0 Å². The molecule has 0 radical (unpaired) electrons. The van der Waals surface area contributed by atoms with Crippen molar-refractivity contribution >= 4 is 28.8 Å². The van der Waals surface area contributed by atoms with Crippen LogP contribution in [0.5, 0.6) is 0 Å². The average Bonchev–Trinajstić information content (AvgIpc) is 2.66. The number of halogens is 2. The van der Waals surface area contributed by atoms with Crippen LogP contribution in [0.2, 0.25) is 0 Å². The normalized spacial score (nSPS) is 12.6. The molecule has 1 heterocycles. The third-order valence-corrected chi connectivity index (χ3v) is 4.65. The zero-order valence-corrected chi connectivity index (χ0v) is 16.4. The van der Waals surface area contributed by atoms with Crippen molar-refractivity contribution in [1.82, 2.24) is 9.97 Å². The van der Waals surface area contributed by atoms with Gasteiger partial charge in [0.2, 0.25) is 5.95 Å². The van der Waals surface area contributed by atoms with Gasteiger partial charge >= 0.3 is 0 Å². The minimum Gasteiger partial charge on any atom is -0.377 e. The first-order valence-electron chi connectivity index (χ1n) is 8.98. The molecule has 0 spiro atoms. The van der Waals surface area contributed by atoms with Gasteiger partial charge in [-0.05, 0) is 30.5 Å². The van der Waals surface area contributed by atoms with Crippen molar-refractivity contribution in [1.29, 1.82) is 0 Å². The van der Waals surface area contributed by atoms with Crippen LogP contribution in [0.15, 0.2) is 40.1 Å². The summed E-state index contributed by atoms with van der Waals surface area (Å²) in [6.07, 6.45) is 1.42. The topological polar surface area (TPSA) is 96.0 Å². The first kappa shape index (κ1) is 20.4. The van der Waals surface area contributed by atoms with E-state index in [4.69, 9.17) is 0 Å². The van der Waals surface area contributed by atoms with Gasteiger partial charge in [-0.25, -0.2) is 13.8 Å². The van der Waals surface area contributed by atoms with E-state index in [9.17, 15) is 18.4 Å². The maximum Gasteiger partial charge on any atom is 0.253 e. The van der Waals surface area contributed by atoms with Gasteiger partial charge in [0.1, 0.15) is 17.2 Å². The lowest BCUT2D eigenvalue weighted by molar-refractivity contribution is 0.359. The number of aromatic nitrogens is 2. The number of nitrogens with zero attached hydrogens (tertiary/aromatic N) is 2. The zero-order valence-electron chi connectivity index (χ0n) is 16.4. The highest BCUT2D eigenvalue weighted by atomic mass is 19.2. The summed E-state index contributed by atoms with van der Waals surface area (Å²) in [5.41, 5.74) is -0.737. The van der Waals surface area contributed by atoms with E-state index >= 15 is 0 Å². The molecular formula is C20H21F2N5O2. The molecule has 0 saturated heterocycles. The van der Waals surface area contributed by atoms with Crippen molar-refractivity contribution in [2.75, 3.05) is 16.0 Å². The molecule has 0 aliphatic rings. The van der Waals surface area contributed by atoms with E-state index in [1.54, 1.807) is 0 Å². The van der Waals surface area contributed by atoms with E-state index < -0.39 is 22.5 Å². The lowest BCUT2D eigenvalue weighted by Crippen LogP contribution is -2.41. The molecule has 1 atom stereocenters. The van der Waals surface area contributed by atoms with Crippen molar-refractivity contribution in [3.8, 4) is 0 Å². The fourth-order valence-corrected chi connectivity index (χ4v) is 2.40. The van der Waals surface area contributed by atoms with Crippen LogP contribution in [0.4, 0.5) is 37.6 Å². The molecule has 1 aromatic heterocycles. The van der Waals surface area contributed by atoms with E-state index in [1.165, 1.54) is 18.3 Å². The Kier molecular flexibility index (Phi) is 5.32. The van der Waals surface area contributed by atoms with Gasteiger partial charge in [-0.2, -0.15) is 4.98 Å². The molecule has 3 N–H and O–H groups in total. The van der Waals surface area contributed by atoms with Gasteiger partial charge in [-0.1, -0.05) is 20.8 Å². The Morgan fingerprint density at radius 3 is 2.31 bits per heavy atom. The SMILES string of the molecule is C[C@@H](Nc1c(Nc2ccnc(Nc3ccc(F)c(F)c3)n2)c(=O)c1=O)C(C)(C)C. The monoisotopic (exact) mass is 401 g/mol. The molecule has 0 fully saturated rings. The molecule has 29 heavy (non-hydrogen) atoms. The molecule has 3 rings (SSSR count). The second-order valence-corrected chi connectivity index (χ2v) is 7.78. The Labute approximate surface area is 165 Å². The summed E-state index contributed by atoms with van der Waals surface area (Å²) in [7, 11) is 0. The highest BCUT2D eigenvalue weighted by molar-refractivity contribution is 5.78. The first-order valence-corrected chi connectivity index (χ1v) is 8.98. The minimum atomic E-state index is -1.00. The van der Waals surface area contributed by atoms with Crippen molar-refractivity contribution in [2.45, 2.75) is 33.7 Å². The van der Waals surface area contributed by atoms with Crippen LogP contribution >= 0.6 is 0 Å². The molecule has 0 aliphatic heterocycles. The predicted octanol–water partition coefficient (Wildman–Crippen LogP) is 3.68. The smallest absolute Gasteiger partial charge is 0.253 e. The van der Waals surface area contributed by atoms with Gasteiger partial charge in [-0.3, -0.25) is 9.59 Å². The van der Waals surface area contributed by atoms with Crippen LogP contribution in [0, 0.1) is 17.0 Å². The summed E-state index contributed by atoms with van der Waals surface area (Å²) < 4.78 is 26.4. The lowest BCUT2D eigenvalue weighted by atomic mass is 9.87. The van der Waals surface area contributed by atoms with Crippen molar-refractivity contribution in [3.05, 3.63) is 62.5 Å². The third kappa shape index (κ3) is 4.39. The van der Waals surface area contributed by atoms with Crippen LogP contribution < -0.4 is 26.8 Å². The average molecular weight is 401 g/mol. The van der Waals surface area contributed by atoms with Gasteiger partial charge in [0.15, 0.2) is 11.6 Å². The molecule has 152 valence electrons. The maximum atomic E-state index is 13.3. The van der Waals surface area contributed by atoms with Gasteiger partial charge in [0.05, 0.1) is 0 Å². The Morgan fingerprint density at radius 1 is 0.966 bits per heavy atom. The summed E-state index contributed by atoms with van der Waals surface area (Å²) in [5, 5.41) is 8.67. The summed E-state index contributed by atoms with van der Waals surface area (Å²) in [5.74, 6) is -1.59. The Balaban J connectivity index is 1.79. The molecule has 3 aromatic rings. The summed E-state index contributed by atoms with van der Waals surface area (Å²) in [4.78, 5) is 32.2. The molecule has 2 aromatic carbocycles. The summed E-state index contributed by atoms with van der Waals surface area (Å²) >= 11 is 0. The molecular weight excluding hydrogens is 380 g/mol. The van der Waals surface area contributed by atoms with Crippen LogP contribution in [-0.2, 0) is 0 Å². The van der Waals surface area contributed by atoms with E-state index in [-0.39, 0.29) is 40.3 Å². The van der Waals surface area contributed by atoms with E-state index in [1.807, 2.05) is 27.7 Å². The third-order valence-electron chi connectivity index (χ3n) is 4.65. The maximum absolute atomic E-state index is 13.3. The molecule has 0 saturated carbocycles. The Bertz CT molecular complexity index is 1120. The molecule has 0 amide bonds. The van der Waals surface area contributed by atoms with Crippen molar-refractivity contribution in [2.24, 2.45) is 5.41 Å². The highest BCUT2D eigenvalue weighted by Gasteiger charge is 2.27. The highest BCUT2D eigenvalue weighted by Crippen LogP contribution is 2.26. The fraction of sp³-hybridized carbons (Fsp3) is 0.300. The predicted molar refractivity (Wildman–Crippen MR) is 109 cm³/mol. The van der Waals surface area contributed by atoms with Crippen LogP contribution in [-0.4, -0.2) is 16.0 Å². The second-order valence-electron chi connectivity index (χ2n) is 7.78. The first-order chi connectivity index (χ1) is 13.6. The number of hydrogen-bond acceptors (Lipinski definition) is 7. The van der Waals surface area contributed by atoms with Gasteiger partial charge in [0, 0.05) is 24.0 Å². The largest absolute Gasteiger partial charge is 0.377 e. The van der Waals surface area contributed by atoms with Gasteiger partial charge < -0.3 is 16.0 Å². The Morgan fingerprint density at radius 2 is 1.66 bits per heavy atom. The molecule has 0 bridgehead atoms. The van der Waals surface area contributed by atoms with Crippen molar-refractivity contribution < 1.29 is 8.78 Å². The second kappa shape index (κ2) is 7.57. The number of nitrogens with one attached hydrogen (secondary N) is 3.